The fraction of sp³-hybridized carbons (Fsp3) is 0.455. The highest BCUT2D eigenvalue weighted by Gasteiger charge is 2.22. The number of hydrogen-bond donors (Lipinski definition) is 1. The molecule has 1 aliphatic rings. The fourth-order valence-electron chi connectivity index (χ4n) is 1.84. The van der Waals surface area contributed by atoms with Gasteiger partial charge in [0.15, 0.2) is 0 Å². The van der Waals surface area contributed by atoms with Gasteiger partial charge in [-0.15, -0.1) is 0 Å². The van der Waals surface area contributed by atoms with Crippen LogP contribution >= 0.6 is 0 Å². The van der Waals surface area contributed by atoms with E-state index in [2.05, 4.69) is 5.32 Å². The molecule has 0 amide bonds. The standard InChI is InChI=1S/C11H13F2NO/c1-14-10(11(12)13)8-2-3-9-7(6-8)4-5-15-9/h2-3,6,10-11,14H,4-5H2,1H3. The van der Waals surface area contributed by atoms with Gasteiger partial charge in [-0.1, -0.05) is 12.1 Å². The van der Waals surface area contributed by atoms with Crippen LogP contribution in [0.5, 0.6) is 5.75 Å². The Morgan fingerprint density at radius 2 is 2.20 bits per heavy atom. The van der Waals surface area contributed by atoms with Crippen molar-refractivity contribution in [1.82, 2.24) is 5.32 Å². The largest absolute Gasteiger partial charge is 0.493 e. The molecule has 2 rings (SSSR count). The second-order valence-corrected chi connectivity index (χ2v) is 3.57. The van der Waals surface area contributed by atoms with E-state index in [4.69, 9.17) is 4.74 Å². The Bertz CT molecular complexity index is 354. The van der Waals surface area contributed by atoms with Crippen molar-refractivity contribution in [2.75, 3.05) is 13.7 Å². The molecule has 0 fully saturated rings. The molecule has 1 aromatic rings. The molecule has 1 aliphatic heterocycles. The van der Waals surface area contributed by atoms with Crippen LogP contribution in [0.2, 0.25) is 0 Å². The van der Waals surface area contributed by atoms with E-state index in [0.29, 0.717) is 12.2 Å². The van der Waals surface area contributed by atoms with E-state index in [0.717, 1.165) is 17.7 Å². The molecule has 15 heavy (non-hydrogen) atoms. The minimum Gasteiger partial charge on any atom is -0.493 e. The van der Waals surface area contributed by atoms with Crippen molar-refractivity contribution < 1.29 is 13.5 Å². The molecule has 82 valence electrons. The average Bonchev–Trinajstić information content (AvgIpc) is 2.65. The SMILES string of the molecule is CNC(c1ccc2c(c1)CCO2)C(F)F. The average molecular weight is 213 g/mol. The van der Waals surface area contributed by atoms with Gasteiger partial charge in [0.05, 0.1) is 12.6 Å². The number of benzene rings is 1. The Kier molecular flexibility index (Phi) is 2.86. The first-order chi connectivity index (χ1) is 7.22. The van der Waals surface area contributed by atoms with E-state index in [-0.39, 0.29) is 0 Å². The van der Waals surface area contributed by atoms with Gasteiger partial charge in [0.1, 0.15) is 5.75 Å². The molecule has 0 spiro atoms. The highest BCUT2D eigenvalue weighted by atomic mass is 19.3. The van der Waals surface area contributed by atoms with Crippen molar-refractivity contribution in [3.63, 3.8) is 0 Å². The lowest BCUT2D eigenvalue weighted by atomic mass is 10.0. The van der Waals surface area contributed by atoms with E-state index in [1.54, 1.807) is 25.2 Å². The predicted molar refractivity (Wildman–Crippen MR) is 53.4 cm³/mol. The molecule has 0 bridgehead atoms. The third kappa shape index (κ3) is 1.95. The first-order valence-corrected chi connectivity index (χ1v) is 4.93. The van der Waals surface area contributed by atoms with Gasteiger partial charge in [-0.25, -0.2) is 8.78 Å². The molecule has 4 heteroatoms. The van der Waals surface area contributed by atoms with Crippen molar-refractivity contribution >= 4 is 0 Å². The molecule has 2 nitrogen and oxygen atoms in total. The molecule has 1 unspecified atom stereocenters. The van der Waals surface area contributed by atoms with Gasteiger partial charge in [-0.05, 0) is 24.2 Å². The van der Waals surface area contributed by atoms with Gasteiger partial charge in [0.25, 0.3) is 6.43 Å². The van der Waals surface area contributed by atoms with Crippen molar-refractivity contribution in [3.05, 3.63) is 29.3 Å². The minimum atomic E-state index is -2.39. The lowest BCUT2D eigenvalue weighted by molar-refractivity contribution is 0.102. The van der Waals surface area contributed by atoms with Crippen LogP contribution < -0.4 is 10.1 Å². The van der Waals surface area contributed by atoms with E-state index in [1.807, 2.05) is 0 Å². The molecule has 0 aliphatic carbocycles. The third-order valence-electron chi connectivity index (χ3n) is 2.64. The molecule has 0 radical (unpaired) electrons. The Hall–Kier alpha value is -1.16. The third-order valence-corrected chi connectivity index (χ3v) is 2.64. The first-order valence-electron chi connectivity index (χ1n) is 4.93. The summed E-state index contributed by atoms with van der Waals surface area (Å²) in [5, 5.41) is 2.62. The van der Waals surface area contributed by atoms with Gasteiger partial charge in [-0.2, -0.15) is 0 Å². The number of rotatable bonds is 3. The molecule has 0 saturated heterocycles. The summed E-state index contributed by atoms with van der Waals surface area (Å²) >= 11 is 0. The first kappa shape index (κ1) is 10.4. The van der Waals surface area contributed by atoms with Crippen LogP contribution in [0, 0.1) is 0 Å². The van der Waals surface area contributed by atoms with Crippen LogP contribution in [-0.2, 0) is 6.42 Å². The van der Waals surface area contributed by atoms with Crippen molar-refractivity contribution in [2.45, 2.75) is 18.9 Å². The summed E-state index contributed by atoms with van der Waals surface area (Å²) in [6, 6.07) is 4.37. The summed E-state index contributed by atoms with van der Waals surface area (Å²) in [4.78, 5) is 0. The second-order valence-electron chi connectivity index (χ2n) is 3.57. The van der Waals surface area contributed by atoms with Gasteiger partial charge < -0.3 is 10.1 Å². The summed E-state index contributed by atoms with van der Waals surface area (Å²) in [5.41, 5.74) is 1.64. The maximum Gasteiger partial charge on any atom is 0.257 e. The topological polar surface area (TPSA) is 21.3 Å². The highest BCUT2D eigenvalue weighted by Crippen LogP contribution is 2.29. The molecular formula is C11H13F2NO. The zero-order valence-electron chi connectivity index (χ0n) is 8.47. The Morgan fingerprint density at radius 3 is 2.87 bits per heavy atom. The maximum atomic E-state index is 12.6. The summed E-state index contributed by atoms with van der Waals surface area (Å²) in [6.45, 7) is 0.650. The fourth-order valence-corrected chi connectivity index (χ4v) is 1.84. The normalized spacial score (nSPS) is 16.3. The van der Waals surface area contributed by atoms with Crippen LogP contribution in [-0.4, -0.2) is 20.1 Å². The number of fused-ring (bicyclic) bond motifs is 1. The smallest absolute Gasteiger partial charge is 0.257 e. The van der Waals surface area contributed by atoms with E-state index < -0.39 is 12.5 Å². The van der Waals surface area contributed by atoms with Crippen molar-refractivity contribution in [2.24, 2.45) is 0 Å². The zero-order chi connectivity index (χ0) is 10.8. The Morgan fingerprint density at radius 1 is 1.40 bits per heavy atom. The summed E-state index contributed by atoms with van der Waals surface area (Å²) in [6.07, 6.45) is -1.58. The predicted octanol–water partition coefficient (Wildman–Crippen LogP) is 2.15. The van der Waals surface area contributed by atoms with Crippen molar-refractivity contribution in [3.8, 4) is 5.75 Å². The van der Waals surface area contributed by atoms with Crippen LogP contribution in [0.25, 0.3) is 0 Å². The summed E-state index contributed by atoms with van der Waals surface area (Å²) in [5.74, 6) is 0.822. The maximum absolute atomic E-state index is 12.6. The molecule has 1 heterocycles. The van der Waals surface area contributed by atoms with Crippen molar-refractivity contribution in [1.29, 1.82) is 0 Å². The van der Waals surface area contributed by atoms with E-state index in [9.17, 15) is 8.78 Å². The number of alkyl halides is 2. The number of halogens is 2. The minimum absolute atomic E-state index is 0.622. The molecule has 1 aromatic carbocycles. The van der Waals surface area contributed by atoms with E-state index in [1.165, 1.54) is 0 Å². The van der Waals surface area contributed by atoms with Crippen LogP contribution in [0.3, 0.4) is 0 Å². The Labute approximate surface area is 87.2 Å². The molecule has 0 aromatic heterocycles. The zero-order valence-corrected chi connectivity index (χ0v) is 8.47. The lowest BCUT2D eigenvalue weighted by Gasteiger charge is -2.16. The van der Waals surface area contributed by atoms with Gasteiger partial charge >= 0.3 is 0 Å². The lowest BCUT2D eigenvalue weighted by Crippen LogP contribution is -2.23. The highest BCUT2D eigenvalue weighted by molar-refractivity contribution is 5.40. The number of hydrogen-bond acceptors (Lipinski definition) is 2. The monoisotopic (exact) mass is 213 g/mol. The van der Waals surface area contributed by atoms with Gasteiger partial charge in [0, 0.05) is 6.42 Å². The van der Waals surface area contributed by atoms with Crippen LogP contribution in [0.4, 0.5) is 8.78 Å². The van der Waals surface area contributed by atoms with Crippen LogP contribution in [0.15, 0.2) is 18.2 Å². The van der Waals surface area contributed by atoms with Gasteiger partial charge in [-0.3, -0.25) is 0 Å². The Balaban J connectivity index is 2.28. The molecular weight excluding hydrogens is 200 g/mol. The number of ether oxygens (including phenoxy) is 1. The summed E-state index contributed by atoms with van der Waals surface area (Å²) < 4.78 is 30.6. The molecule has 1 N–H and O–H groups in total. The second kappa shape index (κ2) is 4.14. The van der Waals surface area contributed by atoms with Crippen LogP contribution in [0.1, 0.15) is 17.2 Å². The van der Waals surface area contributed by atoms with E-state index >= 15 is 0 Å². The quantitative estimate of drug-likeness (QED) is 0.830. The molecule has 1 atom stereocenters. The summed E-state index contributed by atoms with van der Waals surface area (Å²) in [7, 11) is 1.54. The van der Waals surface area contributed by atoms with Gasteiger partial charge in [0.2, 0.25) is 0 Å². The number of nitrogens with one attached hydrogen (secondary N) is 1. The molecule has 0 saturated carbocycles.